The van der Waals surface area contributed by atoms with E-state index in [0.29, 0.717) is 0 Å². The van der Waals surface area contributed by atoms with E-state index in [1.54, 1.807) is 12.1 Å². The lowest BCUT2D eigenvalue weighted by molar-refractivity contribution is -0.143. The Bertz CT molecular complexity index is 733. The highest BCUT2D eigenvalue weighted by molar-refractivity contribution is 5.98. The van der Waals surface area contributed by atoms with Gasteiger partial charge in [-0.25, -0.2) is 4.79 Å². The van der Waals surface area contributed by atoms with Gasteiger partial charge in [-0.1, -0.05) is 18.2 Å². The number of carbonyl (C=O) groups is 2. The van der Waals surface area contributed by atoms with Crippen LogP contribution in [0.3, 0.4) is 0 Å². The van der Waals surface area contributed by atoms with Crippen LogP contribution in [0.4, 0.5) is 13.2 Å². The molecule has 0 saturated carbocycles. The van der Waals surface area contributed by atoms with Crippen molar-refractivity contribution in [3.8, 4) is 0 Å². The van der Waals surface area contributed by atoms with Crippen molar-refractivity contribution in [2.24, 2.45) is 0 Å². The van der Waals surface area contributed by atoms with E-state index < -0.39 is 35.2 Å². The number of hydrogen-bond donors (Lipinski definition) is 1. The minimum absolute atomic E-state index is 0.155. The van der Waals surface area contributed by atoms with Crippen LogP contribution in [0.1, 0.15) is 27.7 Å². The fourth-order valence-corrected chi connectivity index (χ4v) is 2.06. The summed E-state index contributed by atoms with van der Waals surface area (Å²) in [4.78, 5) is 28.1. The van der Waals surface area contributed by atoms with Gasteiger partial charge in [0, 0.05) is 6.20 Å². The van der Waals surface area contributed by atoms with Crippen LogP contribution in [0.25, 0.3) is 0 Å². The first-order valence-electron chi connectivity index (χ1n) is 6.80. The normalized spacial score (nSPS) is 12.3. The summed E-state index contributed by atoms with van der Waals surface area (Å²) in [5.74, 6) is -1.89. The predicted octanol–water partition coefficient (Wildman–Crippen LogP) is 2.74. The number of methoxy groups -OCH3 is 1. The van der Waals surface area contributed by atoms with E-state index in [1.807, 2.05) is 0 Å². The van der Waals surface area contributed by atoms with Gasteiger partial charge in [0.1, 0.15) is 0 Å². The third-order valence-electron chi connectivity index (χ3n) is 3.17. The number of amides is 1. The summed E-state index contributed by atoms with van der Waals surface area (Å²) in [6.45, 7) is 0. The zero-order chi connectivity index (χ0) is 17.7. The van der Waals surface area contributed by atoms with Crippen molar-refractivity contribution in [3.05, 3.63) is 65.5 Å². The van der Waals surface area contributed by atoms with E-state index in [1.165, 1.54) is 24.4 Å². The number of nitrogens with zero attached hydrogens (tertiary/aromatic N) is 1. The highest BCUT2D eigenvalue weighted by Crippen LogP contribution is 2.32. The SMILES string of the molecule is COC(=O)[C@@H](NC(=O)c1ccccc1C(F)(F)F)c1ccccn1. The van der Waals surface area contributed by atoms with Crippen LogP contribution in [0.15, 0.2) is 48.7 Å². The van der Waals surface area contributed by atoms with Crippen molar-refractivity contribution in [2.75, 3.05) is 7.11 Å². The molecule has 1 aromatic carbocycles. The molecule has 1 N–H and O–H groups in total. The summed E-state index contributed by atoms with van der Waals surface area (Å²) in [6.07, 6.45) is -3.30. The maximum atomic E-state index is 13.0. The molecule has 2 aromatic rings. The molecule has 0 spiro atoms. The number of esters is 1. The third-order valence-corrected chi connectivity index (χ3v) is 3.17. The lowest BCUT2D eigenvalue weighted by Gasteiger charge is -2.18. The monoisotopic (exact) mass is 338 g/mol. The minimum atomic E-state index is -4.69. The highest BCUT2D eigenvalue weighted by atomic mass is 19.4. The van der Waals surface area contributed by atoms with Gasteiger partial charge in [0.05, 0.1) is 23.9 Å². The lowest BCUT2D eigenvalue weighted by Crippen LogP contribution is -2.36. The standard InChI is InChI=1S/C16H13F3N2O3/c1-24-15(23)13(12-8-4-5-9-20-12)21-14(22)10-6-2-3-7-11(10)16(17,18)19/h2-9,13H,1H3,(H,21,22)/t13-/m0/s1. The average molecular weight is 338 g/mol. The Balaban J connectivity index is 2.35. The van der Waals surface area contributed by atoms with Crippen LogP contribution in [0.2, 0.25) is 0 Å². The Morgan fingerprint density at radius 2 is 1.79 bits per heavy atom. The number of hydrogen-bond acceptors (Lipinski definition) is 4. The van der Waals surface area contributed by atoms with Gasteiger partial charge in [0.2, 0.25) is 0 Å². The average Bonchev–Trinajstić information content (AvgIpc) is 2.58. The molecule has 0 unspecified atom stereocenters. The second-order valence-electron chi connectivity index (χ2n) is 4.73. The van der Waals surface area contributed by atoms with Crippen molar-refractivity contribution in [2.45, 2.75) is 12.2 Å². The first-order valence-corrected chi connectivity index (χ1v) is 6.80. The van der Waals surface area contributed by atoms with Crippen LogP contribution in [-0.4, -0.2) is 24.0 Å². The van der Waals surface area contributed by atoms with E-state index in [9.17, 15) is 22.8 Å². The summed E-state index contributed by atoms with van der Waals surface area (Å²) >= 11 is 0. The third kappa shape index (κ3) is 3.89. The van der Waals surface area contributed by atoms with Crippen molar-refractivity contribution in [1.29, 1.82) is 0 Å². The van der Waals surface area contributed by atoms with E-state index in [-0.39, 0.29) is 5.69 Å². The summed E-state index contributed by atoms with van der Waals surface area (Å²) < 4.78 is 43.6. The van der Waals surface area contributed by atoms with Gasteiger partial charge in [0.25, 0.3) is 5.91 Å². The van der Waals surface area contributed by atoms with Gasteiger partial charge in [0.15, 0.2) is 6.04 Å². The maximum absolute atomic E-state index is 13.0. The molecule has 0 saturated heterocycles. The smallest absolute Gasteiger partial charge is 0.417 e. The molecule has 0 bridgehead atoms. The number of rotatable bonds is 4. The molecular weight excluding hydrogens is 325 g/mol. The topological polar surface area (TPSA) is 68.3 Å². The summed E-state index contributed by atoms with van der Waals surface area (Å²) in [7, 11) is 1.11. The van der Waals surface area contributed by atoms with Crippen molar-refractivity contribution in [1.82, 2.24) is 10.3 Å². The molecule has 1 aromatic heterocycles. The van der Waals surface area contributed by atoms with Crippen LogP contribution >= 0.6 is 0 Å². The summed E-state index contributed by atoms with van der Waals surface area (Å²) in [5, 5.41) is 2.24. The minimum Gasteiger partial charge on any atom is -0.467 e. The van der Waals surface area contributed by atoms with Gasteiger partial charge < -0.3 is 10.1 Å². The van der Waals surface area contributed by atoms with E-state index in [4.69, 9.17) is 0 Å². The van der Waals surface area contributed by atoms with E-state index in [2.05, 4.69) is 15.0 Å². The zero-order valence-electron chi connectivity index (χ0n) is 12.5. The Morgan fingerprint density at radius 3 is 2.38 bits per heavy atom. The lowest BCUT2D eigenvalue weighted by atomic mass is 10.1. The molecule has 0 radical (unpaired) electrons. The molecule has 1 heterocycles. The molecule has 0 fully saturated rings. The molecule has 0 aliphatic carbocycles. The molecule has 126 valence electrons. The number of aromatic nitrogens is 1. The van der Waals surface area contributed by atoms with Gasteiger partial charge >= 0.3 is 12.1 Å². The summed E-state index contributed by atoms with van der Waals surface area (Å²) in [6, 6.07) is 7.62. The number of ether oxygens (including phenoxy) is 1. The number of halogens is 3. The van der Waals surface area contributed by atoms with Gasteiger partial charge in [-0.2, -0.15) is 13.2 Å². The molecular formula is C16H13F3N2O3. The van der Waals surface area contributed by atoms with Crippen LogP contribution in [0.5, 0.6) is 0 Å². The van der Waals surface area contributed by atoms with Crippen LogP contribution in [0, 0.1) is 0 Å². The van der Waals surface area contributed by atoms with Crippen LogP contribution < -0.4 is 5.32 Å². The Labute approximate surface area is 135 Å². The highest BCUT2D eigenvalue weighted by Gasteiger charge is 2.36. The van der Waals surface area contributed by atoms with Crippen molar-refractivity contribution >= 4 is 11.9 Å². The van der Waals surface area contributed by atoms with Crippen LogP contribution in [-0.2, 0) is 15.7 Å². The molecule has 1 atom stereocenters. The number of carbonyl (C=O) groups excluding carboxylic acids is 2. The van der Waals surface area contributed by atoms with Crippen molar-refractivity contribution < 1.29 is 27.5 Å². The van der Waals surface area contributed by atoms with Gasteiger partial charge in [-0.15, -0.1) is 0 Å². The first kappa shape index (κ1) is 17.5. The molecule has 24 heavy (non-hydrogen) atoms. The molecule has 2 rings (SSSR count). The Hall–Kier alpha value is -2.90. The quantitative estimate of drug-likeness (QED) is 0.871. The van der Waals surface area contributed by atoms with Gasteiger partial charge in [-0.05, 0) is 24.3 Å². The Kier molecular flexibility index (Phi) is 5.18. The number of nitrogens with one attached hydrogen (secondary N) is 1. The Morgan fingerprint density at radius 1 is 1.12 bits per heavy atom. The van der Waals surface area contributed by atoms with E-state index in [0.717, 1.165) is 19.2 Å². The van der Waals surface area contributed by atoms with E-state index >= 15 is 0 Å². The molecule has 1 amide bonds. The molecule has 0 aliphatic rings. The fraction of sp³-hybridized carbons (Fsp3) is 0.188. The fourth-order valence-electron chi connectivity index (χ4n) is 2.06. The molecule has 5 nitrogen and oxygen atoms in total. The number of benzene rings is 1. The predicted molar refractivity (Wildman–Crippen MR) is 77.9 cm³/mol. The largest absolute Gasteiger partial charge is 0.467 e. The number of alkyl halides is 3. The zero-order valence-corrected chi connectivity index (χ0v) is 12.5. The van der Waals surface area contributed by atoms with Gasteiger partial charge in [-0.3, -0.25) is 9.78 Å². The summed E-state index contributed by atoms with van der Waals surface area (Å²) in [5.41, 5.74) is -1.52. The first-order chi connectivity index (χ1) is 11.3. The second kappa shape index (κ2) is 7.12. The number of pyridine rings is 1. The second-order valence-corrected chi connectivity index (χ2v) is 4.73. The molecule has 8 heteroatoms. The molecule has 0 aliphatic heterocycles. The van der Waals surface area contributed by atoms with Crippen molar-refractivity contribution in [3.63, 3.8) is 0 Å². The maximum Gasteiger partial charge on any atom is 0.417 e.